The molecule has 0 aliphatic heterocycles. The topological polar surface area (TPSA) is 68.1 Å². The minimum absolute atomic E-state index is 0.194. The van der Waals surface area contributed by atoms with E-state index in [1.807, 2.05) is 30.5 Å². The molecule has 16 heavy (non-hydrogen) atoms. The second-order valence-electron chi connectivity index (χ2n) is 3.72. The molecule has 3 N–H and O–H groups in total. The number of nitrogens with one attached hydrogen (secondary N) is 1. The van der Waals surface area contributed by atoms with E-state index in [0.29, 0.717) is 6.42 Å². The Kier molecular flexibility index (Phi) is 3.22. The molecule has 1 radical (unpaired) electrons. The molecule has 0 amide bonds. The highest BCUT2D eigenvalue weighted by molar-refractivity contribution is 5.83. The fourth-order valence-electron chi connectivity index (χ4n) is 1.78. The van der Waals surface area contributed by atoms with Gasteiger partial charge in [0.2, 0.25) is 0 Å². The molecule has 0 aliphatic carbocycles. The monoisotopic (exact) mass is 217 g/mol. The number of hydrogen-bond donors (Lipinski definition) is 2. The number of para-hydroxylation sites is 1. The molecule has 0 bridgehead atoms. The average molecular weight is 217 g/mol. The number of benzene rings is 1. The zero-order valence-electron chi connectivity index (χ0n) is 8.77. The second-order valence-corrected chi connectivity index (χ2v) is 3.72. The lowest BCUT2D eigenvalue weighted by atomic mass is 10.1. The van der Waals surface area contributed by atoms with Gasteiger partial charge in [-0.1, -0.05) is 18.2 Å². The molecular weight excluding hydrogens is 204 g/mol. The Morgan fingerprint density at radius 2 is 2.25 bits per heavy atom. The molecule has 1 aromatic heterocycles. The van der Waals surface area contributed by atoms with Crippen LogP contribution in [0, 0.1) is 0 Å². The number of fused-ring (bicyclic) bond motifs is 1. The smallest absolute Gasteiger partial charge is 0.417 e. The first kappa shape index (κ1) is 10.7. The Labute approximate surface area is 93.4 Å². The fourth-order valence-corrected chi connectivity index (χ4v) is 1.78. The molecule has 0 spiro atoms. The highest BCUT2D eigenvalue weighted by atomic mass is 16.5. The van der Waals surface area contributed by atoms with E-state index in [4.69, 9.17) is 5.73 Å². The summed E-state index contributed by atoms with van der Waals surface area (Å²) in [6.07, 6.45) is 2.61. The maximum Gasteiger partial charge on any atom is 0.417 e. The summed E-state index contributed by atoms with van der Waals surface area (Å²) in [6, 6.07) is 7.83. The standard InChI is InChI=1S/C12H13N2O2/c13-10(7-16-8-15)5-9-6-14-12-4-2-1-3-11(9)12/h1-4,6,10,14H,5,7,13H2. The lowest BCUT2D eigenvalue weighted by molar-refractivity contribution is 0.255. The summed E-state index contributed by atoms with van der Waals surface area (Å²) in [4.78, 5) is 13.1. The van der Waals surface area contributed by atoms with E-state index in [9.17, 15) is 4.79 Å². The largest absolute Gasteiger partial charge is 0.456 e. The van der Waals surface area contributed by atoms with Gasteiger partial charge in [0.05, 0.1) is 0 Å². The van der Waals surface area contributed by atoms with Crippen molar-refractivity contribution in [2.24, 2.45) is 5.73 Å². The molecule has 0 saturated carbocycles. The molecule has 2 rings (SSSR count). The van der Waals surface area contributed by atoms with Gasteiger partial charge < -0.3 is 15.5 Å². The maximum absolute atomic E-state index is 9.92. The average Bonchev–Trinajstić information content (AvgIpc) is 2.70. The van der Waals surface area contributed by atoms with Crippen molar-refractivity contribution >= 4 is 17.4 Å². The number of hydrogen-bond acceptors (Lipinski definition) is 3. The molecular formula is C12H13N2O2. The SMILES string of the molecule is NC(CO[C]=O)Cc1c[nH]c2ccccc12. The van der Waals surface area contributed by atoms with Crippen LogP contribution in [0.25, 0.3) is 10.9 Å². The number of aromatic amines is 1. The Morgan fingerprint density at radius 3 is 3.06 bits per heavy atom. The van der Waals surface area contributed by atoms with Crippen LogP contribution in [0.15, 0.2) is 30.5 Å². The van der Waals surface area contributed by atoms with Crippen LogP contribution >= 0.6 is 0 Å². The third kappa shape index (κ3) is 2.23. The minimum Gasteiger partial charge on any atom is -0.456 e. The zero-order valence-corrected chi connectivity index (χ0v) is 8.77. The van der Waals surface area contributed by atoms with Crippen molar-refractivity contribution < 1.29 is 9.53 Å². The van der Waals surface area contributed by atoms with Crippen molar-refractivity contribution in [3.63, 3.8) is 0 Å². The molecule has 0 saturated heterocycles. The third-order valence-corrected chi connectivity index (χ3v) is 2.51. The van der Waals surface area contributed by atoms with Gasteiger partial charge in [0, 0.05) is 23.1 Å². The molecule has 83 valence electrons. The first-order chi connectivity index (χ1) is 7.81. The molecule has 0 aliphatic rings. The predicted molar refractivity (Wildman–Crippen MR) is 61.6 cm³/mol. The number of nitrogens with two attached hydrogens (primary N) is 1. The predicted octanol–water partition coefficient (Wildman–Crippen LogP) is 1.12. The van der Waals surface area contributed by atoms with Crippen LogP contribution in [-0.2, 0) is 16.0 Å². The van der Waals surface area contributed by atoms with Crippen LogP contribution in [0.1, 0.15) is 5.56 Å². The van der Waals surface area contributed by atoms with Crippen molar-refractivity contribution in [2.75, 3.05) is 6.61 Å². The molecule has 1 aromatic carbocycles. The normalized spacial score (nSPS) is 12.6. The van der Waals surface area contributed by atoms with E-state index >= 15 is 0 Å². The van der Waals surface area contributed by atoms with Crippen LogP contribution in [0.4, 0.5) is 0 Å². The van der Waals surface area contributed by atoms with Gasteiger partial charge in [0.15, 0.2) is 0 Å². The van der Waals surface area contributed by atoms with Gasteiger partial charge >= 0.3 is 6.47 Å². The van der Waals surface area contributed by atoms with Gasteiger partial charge in [0.25, 0.3) is 0 Å². The van der Waals surface area contributed by atoms with Crippen LogP contribution in [0.2, 0.25) is 0 Å². The van der Waals surface area contributed by atoms with Gasteiger partial charge in [0.1, 0.15) is 6.61 Å². The summed E-state index contributed by atoms with van der Waals surface area (Å²) in [5, 5.41) is 1.16. The first-order valence-electron chi connectivity index (χ1n) is 5.11. The van der Waals surface area contributed by atoms with E-state index in [2.05, 4.69) is 9.72 Å². The second kappa shape index (κ2) is 4.81. The van der Waals surface area contributed by atoms with Crippen LogP contribution in [0.5, 0.6) is 0 Å². The number of carbonyl (C=O) groups excluding carboxylic acids is 1. The maximum atomic E-state index is 9.92. The van der Waals surface area contributed by atoms with Crippen molar-refractivity contribution in [3.8, 4) is 0 Å². The number of rotatable bonds is 5. The Balaban J connectivity index is 2.12. The van der Waals surface area contributed by atoms with Gasteiger partial charge in [-0.15, -0.1) is 0 Å². The van der Waals surface area contributed by atoms with Crippen LogP contribution < -0.4 is 5.73 Å². The summed E-state index contributed by atoms with van der Waals surface area (Å²) < 4.78 is 4.52. The Bertz CT molecular complexity index is 479. The van der Waals surface area contributed by atoms with E-state index in [-0.39, 0.29) is 12.6 Å². The quantitative estimate of drug-likeness (QED) is 0.788. The fraction of sp³-hybridized carbons (Fsp3) is 0.250. The van der Waals surface area contributed by atoms with E-state index in [0.717, 1.165) is 16.5 Å². The van der Waals surface area contributed by atoms with Crippen LogP contribution in [-0.4, -0.2) is 24.1 Å². The van der Waals surface area contributed by atoms with Gasteiger partial charge in [-0.25, -0.2) is 4.79 Å². The summed E-state index contributed by atoms with van der Waals surface area (Å²) in [5.74, 6) is 0. The van der Waals surface area contributed by atoms with Gasteiger partial charge in [-0.3, -0.25) is 0 Å². The summed E-state index contributed by atoms with van der Waals surface area (Å²) in [7, 11) is 0. The summed E-state index contributed by atoms with van der Waals surface area (Å²) in [5.41, 5.74) is 8.05. The molecule has 4 nitrogen and oxygen atoms in total. The molecule has 1 unspecified atom stereocenters. The van der Waals surface area contributed by atoms with Crippen LogP contribution in [0.3, 0.4) is 0 Å². The summed E-state index contributed by atoms with van der Waals surface area (Å²) in [6.45, 7) is 1.57. The molecule has 4 heteroatoms. The highest BCUT2D eigenvalue weighted by Gasteiger charge is 2.08. The van der Waals surface area contributed by atoms with Crippen molar-refractivity contribution in [3.05, 3.63) is 36.0 Å². The molecule has 1 atom stereocenters. The van der Waals surface area contributed by atoms with Crippen molar-refractivity contribution in [1.82, 2.24) is 4.98 Å². The molecule has 1 heterocycles. The zero-order chi connectivity index (χ0) is 11.4. The third-order valence-electron chi connectivity index (χ3n) is 2.51. The number of ether oxygens (including phenoxy) is 1. The Hall–Kier alpha value is -1.81. The minimum atomic E-state index is -0.194. The summed E-state index contributed by atoms with van der Waals surface area (Å²) >= 11 is 0. The van der Waals surface area contributed by atoms with E-state index in [1.54, 1.807) is 0 Å². The lowest BCUT2D eigenvalue weighted by Gasteiger charge is -2.08. The van der Waals surface area contributed by atoms with Crippen molar-refractivity contribution in [2.45, 2.75) is 12.5 Å². The van der Waals surface area contributed by atoms with E-state index < -0.39 is 0 Å². The highest BCUT2D eigenvalue weighted by Crippen LogP contribution is 2.18. The van der Waals surface area contributed by atoms with Crippen molar-refractivity contribution in [1.29, 1.82) is 0 Å². The lowest BCUT2D eigenvalue weighted by Crippen LogP contribution is -2.28. The van der Waals surface area contributed by atoms with Gasteiger partial charge in [-0.2, -0.15) is 0 Å². The number of H-pyrrole nitrogens is 1. The Morgan fingerprint density at radius 1 is 1.44 bits per heavy atom. The van der Waals surface area contributed by atoms with E-state index in [1.165, 1.54) is 6.47 Å². The molecule has 0 fully saturated rings. The van der Waals surface area contributed by atoms with Gasteiger partial charge in [-0.05, 0) is 18.1 Å². The number of aromatic nitrogens is 1. The first-order valence-corrected chi connectivity index (χ1v) is 5.11. The molecule has 2 aromatic rings.